The zero-order chi connectivity index (χ0) is 21.6. The number of halogens is 1. The minimum absolute atomic E-state index is 0.0668. The molecule has 0 saturated carbocycles. The second-order valence-corrected chi connectivity index (χ2v) is 8.78. The van der Waals surface area contributed by atoms with Crippen LogP contribution in [0.1, 0.15) is 70.2 Å². The smallest absolute Gasteiger partial charge is 0.410 e. The average Bonchev–Trinajstić information content (AvgIpc) is 3.02. The second-order valence-electron chi connectivity index (χ2n) is 8.42. The van der Waals surface area contributed by atoms with E-state index in [1.165, 1.54) is 0 Å². The highest BCUT2D eigenvalue weighted by atomic mass is 35.5. The fourth-order valence-corrected chi connectivity index (χ4v) is 3.52. The standard InChI is InChI=1S/C20H34ClN5O3/c1-6-8-10-22-15-12-26(19(28)29-20(3,4)5)11-9-14(15)24-18(27)17-23-13(7-2)16(21)25-17/h14-15,22H,6-12H2,1-5H3,(H,23,25)(H,24,27)/t14-,15+/m0/s1. The van der Waals surface area contributed by atoms with Crippen molar-refractivity contribution in [1.82, 2.24) is 25.5 Å². The van der Waals surface area contributed by atoms with E-state index in [1.807, 2.05) is 27.7 Å². The predicted octanol–water partition coefficient (Wildman–Crippen LogP) is 3.12. The molecular formula is C20H34ClN5O3. The third-order valence-electron chi connectivity index (χ3n) is 4.81. The van der Waals surface area contributed by atoms with Crippen molar-refractivity contribution in [2.45, 2.75) is 78.0 Å². The van der Waals surface area contributed by atoms with Crippen LogP contribution >= 0.6 is 11.6 Å². The molecule has 2 heterocycles. The van der Waals surface area contributed by atoms with Gasteiger partial charge in [0.2, 0.25) is 0 Å². The number of unbranched alkanes of at least 4 members (excludes halogenated alkanes) is 1. The quantitative estimate of drug-likeness (QED) is 0.580. The fourth-order valence-electron chi connectivity index (χ4n) is 3.25. The summed E-state index contributed by atoms with van der Waals surface area (Å²) in [6.45, 7) is 11.5. The first kappa shape index (κ1) is 23.5. The lowest BCUT2D eigenvalue weighted by atomic mass is 9.99. The zero-order valence-corrected chi connectivity index (χ0v) is 18.9. The van der Waals surface area contributed by atoms with E-state index in [0.29, 0.717) is 31.1 Å². The van der Waals surface area contributed by atoms with Crippen LogP contribution in [-0.4, -0.2) is 64.2 Å². The molecular weight excluding hydrogens is 394 g/mol. The third-order valence-corrected chi connectivity index (χ3v) is 5.13. The Bertz CT molecular complexity index is 701. The molecule has 1 aromatic rings. The van der Waals surface area contributed by atoms with Crippen molar-refractivity contribution in [2.75, 3.05) is 19.6 Å². The summed E-state index contributed by atoms with van der Waals surface area (Å²) < 4.78 is 5.51. The normalized spacial score (nSPS) is 19.9. The summed E-state index contributed by atoms with van der Waals surface area (Å²) in [4.78, 5) is 34.0. The summed E-state index contributed by atoms with van der Waals surface area (Å²) in [6.07, 6.45) is 3.07. The van der Waals surface area contributed by atoms with Gasteiger partial charge in [0.1, 0.15) is 5.60 Å². The molecule has 9 heteroatoms. The Morgan fingerprint density at radius 1 is 1.31 bits per heavy atom. The van der Waals surface area contributed by atoms with Gasteiger partial charge in [-0.05, 0) is 46.6 Å². The Balaban J connectivity index is 2.04. The van der Waals surface area contributed by atoms with Crippen molar-refractivity contribution in [3.05, 3.63) is 16.7 Å². The van der Waals surface area contributed by atoms with Gasteiger partial charge in [0.25, 0.3) is 5.91 Å². The van der Waals surface area contributed by atoms with Crippen molar-refractivity contribution in [3.8, 4) is 0 Å². The number of hydrogen-bond donors (Lipinski definition) is 3. The Labute approximate surface area is 178 Å². The predicted molar refractivity (Wildman–Crippen MR) is 113 cm³/mol. The lowest BCUT2D eigenvalue weighted by Gasteiger charge is -2.39. The summed E-state index contributed by atoms with van der Waals surface area (Å²) in [5.74, 6) is -0.0710. The molecule has 1 saturated heterocycles. The number of aromatic amines is 1. The van der Waals surface area contributed by atoms with Crippen molar-refractivity contribution in [2.24, 2.45) is 0 Å². The van der Waals surface area contributed by atoms with Gasteiger partial charge >= 0.3 is 6.09 Å². The van der Waals surface area contributed by atoms with Crippen LogP contribution in [-0.2, 0) is 11.2 Å². The van der Waals surface area contributed by atoms with Gasteiger partial charge < -0.3 is 25.3 Å². The van der Waals surface area contributed by atoms with Crippen LogP contribution in [0.15, 0.2) is 0 Å². The van der Waals surface area contributed by atoms with E-state index in [9.17, 15) is 9.59 Å². The van der Waals surface area contributed by atoms with Crippen LogP contribution in [0.3, 0.4) is 0 Å². The topological polar surface area (TPSA) is 99.4 Å². The first-order valence-electron chi connectivity index (χ1n) is 10.4. The summed E-state index contributed by atoms with van der Waals surface area (Å²) in [7, 11) is 0. The molecule has 0 aromatic carbocycles. The van der Waals surface area contributed by atoms with Crippen LogP contribution in [0.2, 0.25) is 5.15 Å². The van der Waals surface area contributed by atoms with E-state index < -0.39 is 5.60 Å². The zero-order valence-electron chi connectivity index (χ0n) is 18.1. The van der Waals surface area contributed by atoms with Gasteiger partial charge in [0.15, 0.2) is 11.0 Å². The summed E-state index contributed by atoms with van der Waals surface area (Å²) in [5.41, 5.74) is 0.206. The molecule has 1 fully saturated rings. The third kappa shape index (κ3) is 6.89. The molecule has 3 N–H and O–H groups in total. The number of nitrogens with zero attached hydrogens (tertiary/aromatic N) is 2. The second kappa shape index (κ2) is 10.3. The molecule has 0 aliphatic carbocycles. The number of ether oxygens (including phenoxy) is 1. The minimum atomic E-state index is -0.539. The molecule has 2 atom stereocenters. The molecule has 0 radical (unpaired) electrons. The minimum Gasteiger partial charge on any atom is -0.444 e. The highest BCUT2D eigenvalue weighted by Crippen LogP contribution is 2.18. The number of carbonyl (C=O) groups is 2. The van der Waals surface area contributed by atoms with Gasteiger partial charge in [0.05, 0.1) is 5.69 Å². The maximum absolute atomic E-state index is 12.7. The lowest BCUT2D eigenvalue weighted by molar-refractivity contribution is 0.0163. The van der Waals surface area contributed by atoms with Crippen LogP contribution in [0.25, 0.3) is 0 Å². The van der Waals surface area contributed by atoms with Gasteiger partial charge in [-0.2, -0.15) is 0 Å². The number of aryl methyl sites for hydroxylation is 1. The Kier molecular flexibility index (Phi) is 8.34. The Morgan fingerprint density at radius 2 is 2.03 bits per heavy atom. The number of hydrogen-bond acceptors (Lipinski definition) is 5. The van der Waals surface area contributed by atoms with Gasteiger partial charge in [-0.3, -0.25) is 4.79 Å². The number of amides is 2. The first-order valence-corrected chi connectivity index (χ1v) is 10.8. The average molecular weight is 428 g/mol. The van der Waals surface area contributed by atoms with Crippen molar-refractivity contribution >= 4 is 23.6 Å². The molecule has 29 heavy (non-hydrogen) atoms. The van der Waals surface area contributed by atoms with Gasteiger partial charge in [-0.25, -0.2) is 9.78 Å². The van der Waals surface area contributed by atoms with Crippen LogP contribution in [0.4, 0.5) is 4.79 Å². The first-order chi connectivity index (χ1) is 13.6. The van der Waals surface area contributed by atoms with Gasteiger partial charge in [0, 0.05) is 25.2 Å². The van der Waals surface area contributed by atoms with E-state index >= 15 is 0 Å². The number of likely N-dealkylation sites (tertiary alicyclic amines) is 1. The summed E-state index contributed by atoms with van der Waals surface area (Å²) in [6, 6.07) is -0.185. The molecule has 0 bridgehead atoms. The number of nitrogens with one attached hydrogen (secondary N) is 3. The molecule has 0 spiro atoms. The summed E-state index contributed by atoms with van der Waals surface area (Å²) >= 11 is 6.06. The van der Waals surface area contributed by atoms with Crippen LogP contribution in [0, 0.1) is 0 Å². The van der Waals surface area contributed by atoms with E-state index in [2.05, 4.69) is 27.5 Å². The fraction of sp³-hybridized carbons (Fsp3) is 0.750. The number of H-pyrrole nitrogens is 1. The van der Waals surface area contributed by atoms with Gasteiger partial charge in [-0.1, -0.05) is 31.9 Å². The number of rotatable bonds is 7. The monoisotopic (exact) mass is 427 g/mol. The Hall–Kier alpha value is -1.80. The molecule has 1 aliphatic heterocycles. The lowest BCUT2D eigenvalue weighted by Crippen LogP contribution is -2.61. The van der Waals surface area contributed by atoms with Crippen molar-refractivity contribution in [1.29, 1.82) is 0 Å². The van der Waals surface area contributed by atoms with E-state index in [0.717, 1.165) is 25.1 Å². The van der Waals surface area contributed by atoms with Crippen LogP contribution < -0.4 is 10.6 Å². The number of aromatic nitrogens is 2. The van der Waals surface area contributed by atoms with E-state index in [1.54, 1.807) is 4.90 Å². The molecule has 2 rings (SSSR count). The van der Waals surface area contributed by atoms with Gasteiger partial charge in [-0.15, -0.1) is 0 Å². The van der Waals surface area contributed by atoms with E-state index in [-0.39, 0.29) is 29.9 Å². The molecule has 164 valence electrons. The Morgan fingerprint density at radius 3 is 2.62 bits per heavy atom. The van der Waals surface area contributed by atoms with Crippen molar-refractivity contribution in [3.63, 3.8) is 0 Å². The van der Waals surface area contributed by atoms with Crippen molar-refractivity contribution < 1.29 is 14.3 Å². The largest absolute Gasteiger partial charge is 0.444 e. The number of piperidine rings is 1. The highest BCUT2D eigenvalue weighted by Gasteiger charge is 2.34. The number of carbonyl (C=O) groups excluding carboxylic acids is 2. The maximum atomic E-state index is 12.7. The molecule has 0 unspecified atom stereocenters. The molecule has 2 amide bonds. The number of imidazole rings is 1. The summed E-state index contributed by atoms with van der Waals surface area (Å²) in [5, 5.41) is 6.86. The molecule has 1 aromatic heterocycles. The van der Waals surface area contributed by atoms with E-state index in [4.69, 9.17) is 16.3 Å². The molecule has 1 aliphatic rings. The molecule has 8 nitrogen and oxygen atoms in total. The SMILES string of the molecule is CCCCN[C@@H]1CN(C(=O)OC(C)(C)C)CC[C@@H]1NC(=O)c1nc(Cl)c(CC)[nH]1. The highest BCUT2D eigenvalue weighted by molar-refractivity contribution is 6.30. The van der Waals surface area contributed by atoms with Crippen LogP contribution in [0.5, 0.6) is 0 Å². The maximum Gasteiger partial charge on any atom is 0.410 e.